The van der Waals surface area contributed by atoms with Crippen LogP contribution in [-0.4, -0.2) is 41.8 Å². The Kier molecular flexibility index (Phi) is 4.69. The van der Waals surface area contributed by atoms with Crippen LogP contribution in [-0.2, 0) is 11.8 Å². The Labute approximate surface area is 101 Å². The number of ether oxygens (including phenoxy) is 1. The molecule has 1 atom stereocenters. The summed E-state index contributed by atoms with van der Waals surface area (Å²) in [7, 11) is 1.95. The second kappa shape index (κ2) is 6.27. The average Bonchev–Trinajstić information content (AvgIpc) is 2.89. The highest BCUT2D eigenvalue weighted by molar-refractivity contribution is 7.99. The molecule has 16 heavy (non-hydrogen) atoms. The second-order valence-electron chi connectivity index (χ2n) is 4.13. The minimum atomic E-state index is 0.725. The van der Waals surface area contributed by atoms with Crippen molar-refractivity contribution in [2.45, 2.75) is 11.3 Å². The first kappa shape index (κ1) is 12.0. The van der Waals surface area contributed by atoms with E-state index in [9.17, 15) is 0 Å². The Hall–Kier alpha value is -0.520. The molecule has 0 aliphatic carbocycles. The van der Waals surface area contributed by atoms with Gasteiger partial charge in [0.2, 0.25) is 0 Å². The molecule has 1 aliphatic heterocycles. The fraction of sp³-hybridized carbons (Fsp3) is 0.727. The van der Waals surface area contributed by atoms with Crippen LogP contribution < -0.4 is 5.32 Å². The van der Waals surface area contributed by atoms with Gasteiger partial charge in [0.1, 0.15) is 0 Å². The van der Waals surface area contributed by atoms with Gasteiger partial charge in [0.25, 0.3) is 0 Å². The zero-order chi connectivity index (χ0) is 11.2. The number of rotatable bonds is 6. The molecule has 1 N–H and O–H groups in total. The van der Waals surface area contributed by atoms with Gasteiger partial charge in [0, 0.05) is 43.6 Å². The standard InChI is InChI=1S/C11H19N3OS/c1-14-8-11(7-13-14)16-5-3-12-6-10-2-4-15-9-10/h7-8,10,12H,2-6,9H2,1H3. The Morgan fingerprint density at radius 3 is 3.31 bits per heavy atom. The summed E-state index contributed by atoms with van der Waals surface area (Å²) < 4.78 is 7.17. The first-order valence-corrected chi connectivity index (χ1v) is 6.73. The van der Waals surface area contributed by atoms with Crippen molar-refractivity contribution in [3.05, 3.63) is 12.4 Å². The third-order valence-corrected chi connectivity index (χ3v) is 3.64. The highest BCUT2D eigenvalue weighted by atomic mass is 32.2. The smallest absolute Gasteiger partial charge is 0.0625 e. The molecule has 0 saturated carbocycles. The first-order valence-electron chi connectivity index (χ1n) is 5.74. The summed E-state index contributed by atoms with van der Waals surface area (Å²) in [6.45, 7) is 4.02. The Morgan fingerprint density at radius 1 is 1.69 bits per heavy atom. The first-order chi connectivity index (χ1) is 7.84. The van der Waals surface area contributed by atoms with E-state index < -0.39 is 0 Å². The molecule has 1 aromatic rings. The molecular formula is C11H19N3OS. The quantitative estimate of drug-likeness (QED) is 0.599. The number of thioether (sulfide) groups is 1. The van der Waals surface area contributed by atoms with Crippen LogP contribution in [0.15, 0.2) is 17.3 Å². The molecule has 5 heteroatoms. The van der Waals surface area contributed by atoms with Gasteiger partial charge in [-0.1, -0.05) is 0 Å². The molecule has 1 saturated heterocycles. The molecule has 0 bridgehead atoms. The maximum Gasteiger partial charge on any atom is 0.0625 e. The predicted octanol–water partition coefficient (Wildman–Crippen LogP) is 1.14. The number of aryl methyl sites for hydroxylation is 1. The van der Waals surface area contributed by atoms with Gasteiger partial charge in [-0.2, -0.15) is 5.10 Å². The molecule has 0 aromatic carbocycles. The average molecular weight is 241 g/mol. The van der Waals surface area contributed by atoms with E-state index in [4.69, 9.17) is 4.74 Å². The number of hydrogen-bond donors (Lipinski definition) is 1. The summed E-state index contributed by atoms with van der Waals surface area (Å²) >= 11 is 1.85. The van der Waals surface area contributed by atoms with Crippen LogP contribution in [0.3, 0.4) is 0 Å². The summed E-state index contributed by atoms with van der Waals surface area (Å²) in [4.78, 5) is 1.24. The molecule has 0 spiro atoms. The highest BCUT2D eigenvalue weighted by Crippen LogP contribution is 2.15. The van der Waals surface area contributed by atoms with Crippen molar-refractivity contribution in [2.24, 2.45) is 13.0 Å². The molecular weight excluding hydrogens is 222 g/mol. The Balaban J connectivity index is 1.51. The fourth-order valence-electron chi connectivity index (χ4n) is 1.76. The monoisotopic (exact) mass is 241 g/mol. The number of nitrogens with one attached hydrogen (secondary N) is 1. The molecule has 4 nitrogen and oxygen atoms in total. The van der Waals surface area contributed by atoms with Gasteiger partial charge in [-0.25, -0.2) is 0 Å². The Morgan fingerprint density at radius 2 is 2.62 bits per heavy atom. The van der Waals surface area contributed by atoms with Crippen LogP contribution in [0.1, 0.15) is 6.42 Å². The molecule has 2 rings (SSSR count). The van der Waals surface area contributed by atoms with Gasteiger partial charge in [-0.3, -0.25) is 4.68 Å². The second-order valence-corrected chi connectivity index (χ2v) is 5.30. The van der Waals surface area contributed by atoms with Gasteiger partial charge in [-0.15, -0.1) is 11.8 Å². The van der Waals surface area contributed by atoms with Crippen molar-refractivity contribution in [3.8, 4) is 0 Å². The van der Waals surface area contributed by atoms with Crippen LogP contribution in [0.4, 0.5) is 0 Å². The molecule has 2 heterocycles. The van der Waals surface area contributed by atoms with Gasteiger partial charge in [-0.05, 0) is 12.3 Å². The molecule has 0 amide bonds. The van der Waals surface area contributed by atoms with Crippen molar-refractivity contribution in [1.82, 2.24) is 15.1 Å². The summed E-state index contributed by atoms with van der Waals surface area (Å²) in [6, 6.07) is 0. The van der Waals surface area contributed by atoms with Crippen molar-refractivity contribution < 1.29 is 4.74 Å². The summed E-state index contributed by atoms with van der Waals surface area (Å²) in [5.74, 6) is 1.82. The molecule has 1 unspecified atom stereocenters. The van der Waals surface area contributed by atoms with Gasteiger partial charge in [0.15, 0.2) is 0 Å². The normalized spacial score (nSPS) is 20.4. The lowest BCUT2D eigenvalue weighted by Crippen LogP contribution is -2.25. The zero-order valence-corrected chi connectivity index (χ0v) is 10.5. The van der Waals surface area contributed by atoms with E-state index >= 15 is 0 Å². The molecule has 1 aromatic heterocycles. The molecule has 1 aliphatic rings. The van der Waals surface area contributed by atoms with E-state index in [0.29, 0.717) is 0 Å². The van der Waals surface area contributed by atoms with E-state index in [1.807, 2.05) is 29.7 Å². The maximum atomic E-state index is 5.33. The summed E-state index contributed by atoms with van der Waals surface area (Å²) in [6.07, 6.45) is 5.17. The number of aromatic nitrogens is 2. The molecule has 1 fully saturated rings. The third kappa shape index (κ3) is 3.81. The lowest BCUT2D eigenvalue weighted by Gasteiger charge is -2.08. The summed E-state index contributed by atoms with van der Waals surface area (Å²) in [5, 5.41) is 7.61. The predicted molar refractivity (Wildman–Crippen MR) is 65.7 cm³/mol. The summed E-state index contributed by atoms with van der Waals surface area (Å²) in [5.41, 5.74) is 0. The number of hydrogen-bond acceptors (Lipinski definition) is 4. The van der Waals surface area contributed by atoms with Crippen LogP contribution in [0.2, 0.25) is 0 Å². The van der Waals surface area contributed by atoms with Crippen LogP contribution in [0.25, 0.3) is 0 Å². The third-order valence-electron chi connectivity index (χ3n) is 2.69. The van der Waals surface area contributed by atoms with E-state index in [2.05, 4.69) is 16.6 Å². The van der Waals surface area contributed by atoms with Crippen LogP contribution in [0, 0.1) is 5.92 Å². The van der Waals surface area contributed by atoms with Crippen molar-refractivity contribution in [1.29, 1.82) is 0 Å². The van der Waals surface area contributed by atoms with E-state index in [-0.39, 0.29) is 0 Å². The van der Waals surface area contributed by atoms with Gasteiger partial charge < -0.3 is 10.1 Å². The largest absolute Gasteiger partial charge is 0.381 e. The van der Waals surface area contributed by atoms with Crippen molar-refractivity contribution in [2.75, 3.05) is 32.1 Å². The highest BCUT2D eigenvalue weighted by Gasteiger charge is 2.14. The lowest BCUT2D eigenvalue weighted by atomic mass is 10.1. The minimum Gasteiger partial charge on any atom is -0.381 e. The Bertz CT molecular complexity index is 310. The van der Waals surface area contributed by atoms with Crippen molar-refractivity contribution >= 4 is 11.8 Å². The molecule has 90 valence electrons. The van der Waals surface area contributed by atoms with Gasteiger partial charge >= 0.3 is 0 Å². The maximum absolute atomic E-state index is 5.33. The number of nitrogens with zero attached hydrogens (tertiary/aromatic N) is 2. The topological polar surface area (TPSA) is 39.1 Å². The van der Waals surface area contributed by atoms with E-state index in [1.54, 1.807) is 0 Å². The lowest BCUT2D eigenvalue weighted by molar-refractivity contribution is 0.185. The SMILES string of the molecule is Cn1cc(SCCNCC2CCOC2)cn1. The molecule has 0 radical (unpaired) electrons. The van der Waals surface area contributed by atoms with E-state index in [0.717, 1.165) is 38.0 Å². The zero-order valence-electron chi connectivity index (χ0n) is 9.69. The fourth-order valence-corrected chi connectivity index (χ4v) is 2.60. The van der Waals surface area contributed by atoms with Gasteiger partial charge in [0.05, 0.1) is 12.8 Å². The minimum absolute atomic E-state index is 0.725. The van der Waals surface area contributed by atoms with E-state index in [1.165, 1.54) is 11.3 Å². The van der Waals surface area contributed by atoms with Crippen LogP contribution in [0.5, 0.6) is 0 Å². The van der Waals surface area contributed by atoms with Crippen LogP contribution >= 0.6 is 11.8 Å². The van der Waals surface area contributed by atoms with Crippen molar-refractivity contribution in [3.63, 3.8) is 0 Å².